The van der Waals surface area contributed by atoms with Crippen molar-refractivity contribution in [2.45, 2.75) is 0 Å². The third-order valence-electron chi connectivity index (χ3n) is 5.25. The quantitative estimate of drug-likeness (QED) is 0.303. The molecular formula is C23H22N8O3. The molecule has 0 atom stereocenters. The van der Waals surface area contributed by atoms with E-state index in [1.165, 1.54) is 6.20 Å². The van der Waals surface area contributed by atoms with E-state index in [0.29, 0.717) is 52.8 Å². The summed E-state index contributed by atoms with van der Waals surface area (Å²) in [6.07, 6.45) is 7.14. The number of nitriles is 1. The number of pyridine rings is 2. The Labute approximate surface area is 195 Å². The predicted octanol–water partition coefficient (Wildman–Crippen LogP) is 2.36. The molecule has 1 amide bonds. The Kier molecular flexibility index (Phi) is 6.33. The van der Waals surface area contributed by atoms with Crippen molar-refractivity contribution in [1.82, 2.24) is 24.3 Å². The van der Waals surface area contributed by atoms with Crippen LogP contribution in [0.25, 0.3) is 22.2 Å². The van der Waals surface area contributed by atoms with Gasteiger partial charge in [0.25, 0.3) is 5.91 Å². The molecule has 2 N–H and O–H groups in total. The van der Waals surface area contributed by atoms with Crippen molar-refractivity contribution < 1.29 is 14.3 Å². The zero-order valence-electron chi connectivity index (χ0n) is 18.9. The lowest BCUT2D eigenvalue weighted by Crippen LogP contribution is -2.14. The van der Waals surface area contributed by atoms with Crippen LogP contribution in [0.4, 0.5) is 11.5 Å². The molecule has 172 valence electrons. The number of aromatic nitrogens is 5. The molecule has 4 rings (SSSR count). The second-order valence-electron chi connectivity index (χ2n) is 7.56. The van der Waals surface area contributed by atoms with E-state index in [4.69, 9.17) is 4.74 Å². The Morgan fingerprint density at radius 1 is 1.26 bits per heavy atom. The van der Waals surface area contributed by atoms with Gasteiger partial charge in [0.05, 0.1) is 35.1 Å². The van der Waals surface area contributed by atoms with Gasteiger partial charge in [-0.1, -0.05) is 0 Å². The second-order valence-corrected chi connectivity index (χ2v) is 7.56. The van der Waals surface area contributed by atoms with Crippen LogP contribution in [0.15, 0.2) is 36.9 Å². The number of hydrogen-bond acceptors (Lipinski definition) is 8. The number of aryl methyl sites for hydroxylation is 2. The number of amides is 1. The number of nitrogens with zero attached hydrogens (tertiary/aromatic N) is 6. The number of fused-ring (bicyclic) bond motifs is 1. The van der Waals surface area contributed by atoms with Crippen molar-refractivity contribution in [2.75, 3.05) is 30.9 Å². The predicted molar refractivity (Wildman–Crippen MR) is 126 cm³/mol. The molecule has 34 heavy (non-hydrogen) atoms. The summed E-state index contributed by atoms with van der Waals surface area (Å²) in [7, 11) is 5.17. The number of hydrogen-bond donors (Lipinski definition) is 2. The van der Waals surface area contributed by atoms with E-state index in [-0.39, 0.29) is 11.5 Å². The Morgan fingerprint density at radius 2 is 2.09 bits per heavy atom. The largest absolute Gasteiger partial charge is 0.383 e. The van der Waals surface area contributed by atoms with E-state index in [1.807, 2.05) is 6.07 Å². The number of rotatable bonds is 8. The van der Waals surface area contributed by atoms with Gasteiger partial charge in [0.15, 0.2) is 6.29 Å². The van der Waals surface area contributed by atoms with Crippen molar-refractivity contribution in [3.63, 3.8) is 0 Å². The highest BCUT2D eigenvalue weighted by atomic mass is 16.5. The van der Waals surface area contributed by atoms with Gasteiger partial charge in [0.2, 0.25) is 0 Å². The van der Waals surface area contributed by atoms with Gasteiger partial charge < -0.3 is 19.9 Å². The fourth-order valence-corrected chi connectivity index (χ4v) is 3.59. The molecule has 0 bridgehead atoms. The van der Waals surface area contributed by atoms with Crippen LogP contribution < -0.4 is 10.6 Å². The summed E-state index contributed by atoms with van der Waals surface area (Å²) in [6.45, 7) is 0.945. The Balaban J connectivity index is 1.68. The summed E-state index contributed by atoms with van der Waals surface area (Å²) >= 11 is 0. The molecule has 0 saturated carbocycles. The minimum atomic E-state index is -0.441. The maximum Gasteiger partial charge on any atom is 0.260 e. The van der Waals surface area contributed by atoms with Crippen LogP contribution in [0.3, 0.4) is 0 Å². The number of aldehydes is 1. The summed E-state index contributed by atoms with van der Waals surface area (Å²) in [4.78, 5) is 33.5. The monoisotopic (exact) mass is 458 g/mol. The molecule has 0 aliphatic carbocycles. The lowest BCUT2D eigenvalue weighted by atomic mass is 10.1. The molecule has 11 heteroatoms. The number of methoxy groups -OCH3 is 1. The average molecular weight is 458 g/mol. The number of ether oxygens (including phenoxy) is 1. The van der Waals surface area contributed by atoms with Crippen LogP contribution in [-0.2, 0) is 18.8 Å². The highest BCUT2D eigenvalue weighted by Crippen LogP contribution is 2.28. The molecule has 4 aromatic heterocycles. The molecule has 0 radical (unpaired) electrons. The van der Waals surface area contributed by atoms with Crippen molar-refractivity contribution in [3.05, 3.63) is 53.7 Å². The summed E-state index contributed by atoms with van der Waals surface area (Å²) in [5.74, 6) is -0.173. The Hall–Kier alpha value is -4.56. The van der Waals surface area contributed by atoms with Crippen LogP contribution in [-0.4, -0.2) is 56.8 Å². The van der Waals surface area contributed by atoms with E-state index in [0.717, 1.165) is 5.56 Å². The third-order valence-corrected chi connectivity index (χ3v) is 5.25. The van der Waals surface area contributed by atoms with Gasteiger partial charge in [-0.25, -0.2) is 9.97 Å². The maximum absolute atomic E-state index is 13.1. The molecule has 4 heterocycles. The fourth-order valence-electron chi connectivity index (χ4n) is 3.59. The molecule has 0 fully saturated rings. The molecule has 0 aromatic carbocycles. The van der Waals surface area contributed by atoms with Crippen molar-refractivity contribution in [1.29, 1.82) is 5.26 Å². The van der Waals surface area contributed by atoms with Crippen molar-refractivity contribution >= 4 is 34.7 Å². The van der Waals surface area contributed by atoms with E-state index in [9.17, 15) is 14.9 Å². The van der Waals surface area contributed by atoms with Crippen LogP contribution >= 0.6 is 0 Å². The number of nitrogens with one attached hydrogen (secondary N) is 2. The number of carbonyl (C=O) groups excluding carboxylic acids is 2. The van der Waals surface area contributed by atoms with Crippen LogP contribution in [0, 0.1) is 11.3 Å². The van der Waals surface area contributed by atoms with Gasteiger partial charge in [-0.05, 0) is 6.07 Å². The molecule has 0 saturated heterocycles. The van der Waals surface area contributed by atoms with Gasteiger partial charge in [-0.3, -0.25) is 14.3 Å². The summed E-state index contributed by atoms with van der Waals surface area (Å²) in [5, 5.41) is 19.3. The van der Waals surface area contributed by atoms with Crippen LogP contribution in [0.1, 0.15) is 26.4 Å². The van der Waals surface area contributed by atoms with Gasteiger partial charge >= 0.3 is 0 Å². The minimum absolute atomic E-state index is 0.210. The van der Waals surface area contributed by atoms with Crippen LogP contribution in [0.5, 0.6) is 0 Å². The highest BCUT2D eigenvalue weighted by Gasteiger charge is 2.20. The first-order valence-corrected chi connectivity index (χ1v) is 10.3. The van der Waals surface area contributed by atoms with Gasteiger partial charge in [-0.2, -0.15) is 10.4 Å². The van der Waals surface area contributed by atoms with Crippen molar-refractivity contribution in [3.8, 4) is 17.2 Å². The van der Waals surface area contributed by atoms with Gasteiger partial charge in [0.1, 0.15) is 23.1 Å². The zero-order valence-corrected chi connectivity index (χ0v) is 18.9. The zero-order chi connectivity index (χ0) is 24.2. The molecule has 0 aliphatic heterocycles. The topological polar surface area (TPSA) is 140 Å². The van der Waals surface area contributed by atoms with E-state index in [2.05, 4.69) is 31.8 Å². The fraction of sp³-hybridized carbons (Fsp3) is 0.217. The first-order chi connectivity index (χ1) is 16.4. The van der Waals surface area contributed by atoms with E-state index < -0.39 is 5.91 Å². The lowest BCUT2D eigenvalue weighted by Gasteiger charge is -2.10. The summed E-state index contributed by atoms with van der Waals surface area (Å²) < 4.78 is 8.43. The molecular weight excluding hydrogens is 436 g/mol. The number of anilines is 2. The first kappa shape index (κ1) is 22.6. The summed E-state index contributed by atoms with van der Waals surface area (Å²) in [6, 6.07) is 5.47. The maximum atomic E-state index is 13.1. The Bertz CT molecular complexity index is 1430. The van der Waals surface area contributed by atoms with E-state index >= 15 is 0 Å². The highest BCUT2D eigenvalue weighted by molar-refractivity contribution is 6.12. The first-order valence-electron chi connectivity index (χ1n) is 10.3. The SMILES string of the molecule is COCCNc1cc(NC(=O)c2cn(C)c3cc(-c4cnn(C)c4)c(C=O)nc23)ncc1C#N. The molecule has 4 aromatic rings. The molecule has 0 unspecified atom stereocenters. The lowest BCUT2D eigenvalue weighted by molar-refractivity contribution is 0.102. The Morgan fingerprint density at radius 3 is 2.76 bits per heavy atom. The van der Waals surface area contributed by atoms with Crippen molar-refractivity contribution in [2.24, 2.45) is 14.1 Å². The summed E-state index contributed by atoms with van der Waals surface area (Å²) in [5.41, 5.74) is 3.84. The normalized spacial score (nSPS) is 10.8. The molecule has 0 aliphatic rings. The van der Waals surface area contributed by atoms with Crippen LogP contribution in [0.2, 0.25) is 0 Å². The number of carbonyl (C=O) groups is 2. The van der Waals surface area contributed by atoms with E-state index in [1.54, 1.807) is 55.1 Å². The third kappa shape index (κ3) is 4.35. The average Bonchev–Trinajstić information content (AvgIpc) is 3.41. The second kappa shape index (κ2) is 9.51. The van der Waals surface area contributed by atoms with Gasteiger partial charge in [-0.15, -0.1) is 0 Å². The minimum Gasteiger partial charge on any atom is -0.383 e. The smallest absolute Gasteiger partial charge is 0.260 e. The standard InChI is InChI=1S/C23H22N8O3/c1-30-12-17(22-20(30)6-16(19(13-32)28-22)15-10-27-31(2)11-15)23(33)29-21-7-18(25-4-5-34-3)14(8-24)9-26-21/h6-7,9-13H,4-5H2,1-3H3,(H2,25,26,29,33). The van der Waals surface area contributed by atoms with Gasteiger partial charge in [0, 0.05) is 63.5 Å². The molecule has 0 spiro atoms. The molecule has 11 nitrogen and oxygen atoms in total.